The van der Waals surface area contributed by atoms with E-state index < -0.39 is 5.97 Å². The third-order valence-electron chi connectivity index (χ3n) is 4.04. The monoisotopic (exact) mass is 384 g/mol. The molecule has 1 aromatic rings. The number of nitrogens with one attached hydrogen (secondary N) is 1. The molecule has 0 aromatic heterocycles. The minimum Gasteiger partial charge on any atom is -0.480 e. The number of hydrogen-bond acceptors (Lipinski definition) is 4. The van der Waals surface area contributed by atoms with Gasteiger partial charge in [0.05, 0.1) is 6.54 Å². The molecule has 0 unspecified atom stereocenters. The number of carboxylic acid groups (broad SMARTS) is 1. The zero-order valence-electron chi connectivity index (χ0n) is 14.8. The van der Waals surface area contributed by atoms with E-state index in [0.717, 1.165) is 5.56 Å². The number of carbonyl (C=O) groups excluding carboxylic acids is 2. The lowest BCUT2D eigenvalue weighted by Gasteiger charge is -2.36. The van der Waals surface area contributed by atoms with Gasteiger partial charge in [-0.15, -0.1) is 12.4 Å². The second kappa shape index (κ2) is 10.6. The minimum absolute atomic E-state index is 0. The molecule has 9 heteroatoms. The fourth-order valence-corrected chi connectivity index (χ4v) is 2.70. The van der Waals surface area contributed by atoms with Gasteiger partial charge >= 0.3 is 12.0 Å². The number of carboxylic acids is 1. The maximum Gasteiger partial charge on any atom is 0.322 e. The Morgan fingerprint density at radius 2 is 1.73 bits per heavy atom. The quantitative estimate of drug-likeness (QED) is 0.744. The van der Waals surface area contributed by atoms with Crippen molar-refractivity contribution in [3.05, 3.63) is 35.9 Å². The Morgan fingerprint density at radius 1 is 1.12 bits per heavy atom. The van der Waals surface area contributed by atoms with Gasteiger partial charge in [-0.25, -0.2) is 4.79 Å². The average Bonchev–Trinajstić information content (AvgIpc) is 2.61. The summed E-state index contributed by atoms with van der Waals surface area (Å²) < 4.78 is 0. The van der Waals surface area contributed by atoms with E-state index in [1.165, 1.54) is 0 Å². The molecule has 1 aliphatic rings. The maximum absolute atomic E-state index is 12.5. The van der Waals surface area contributed by atoms with E-state index in [1.807, 2.05) is 35.2 Å². The molecule has 8 nitrogen and oxygen atoms in total. The SMILES string of the molecule is CN(Cc1ccccc1)C(=O)N1CCN(CC(=O)NCC(=O)O)CC1.Cl. The van der Waals surface area contributed by atoms with Crippen molar-refractivity contribution >= 4 is 30.3 Å². The molecule has 2 N–H and O–H groups in total. The van der Waals surface area contributed by atoms with Gasteiger partial charge in [0.25, 0.3) is 0 Å². The van der Waals surface area contributed by atoms with Gasteiger partial charge in [-0.05, 0) is 5.56 Å². The van der Waals surface area contributed by atoms with Crippen LogP contribution in [0.1, 0.15) is 5.56 Å². The molecular formula is C17H25ClN4O4. The van der Waals surface area contributed by atoms with Crippen LogP contribution in [0.25, 0.3) is 0 Å². The van der Waals surface area contributed by atoms with E-state index in [9.17, 15) is 14.4 Å². The molecule has 26 heavy (non-hydrogen) atoms. The second-order valence-corrected chi connectivity index (χ2v) is 6.06. The predicted molar refractivity (Wildman–Crippen MR) is 99.2 cm³/mol. The normalized spacial score (nSPS) is 14.3. The van der Waals surface area contributed by atoms with E-state index >= 15 is 0 Å². The number of hydrogen-bond donors (Lipinski definition) is 2. The highest BCUT2D eigenvalue weighted by molar-refractivity contribution is 5.85. The predicted octanol–water partition coefficient (Wildman–Crippen LogP) is 0.479. The summed E-state index contributed by atoms with van der Waals surface area (Å²) in [4.78, 5) is 39.9. The first kappa shape index (κ1) is 21.7. The molecule has 3 amide bonds. The molecule has 1 heterocycles. The summed E-state index contributed by atoms with van der Waals surface area (Å²) in [6, 6.07) is 9.77. The van der Waals surface area contributed by atoms with Crippen molar-refractivity contribution in [3.8, 4) is 0 Å². The van der Waals surface area contributed by atoms with Gasteiger partial charge < -0.3 is 20.2 Å². The minimum atomic E-state index is -1.06. The smallest absolute Gasteiger partial charge is 0.322 e. The standard InChI is InChI=1S/C17H24N4O4.ClH/c1-19(12-14-5-3-2-4-6-14)17(25)21-9-7-20(8-10-21)13-15(22)18-11-16(23)24;/h2-6H,7-13H2,1H3,(H,18,22)(H,23,24);1H. The van der Waals surface area contributed by atoms with E-state index in [2.05, 4.69) is 5.32 Å². The number of benzene rings is 1. The molecule has 144 valence electrons. The van der Waals surface area contributed by atoms with Gasteiger partial charge in [-0.1, -0.05) is 30.3 Å². The Hall–Kier alpha value is -2.32. The number of aliphatic carboxylic acids is 1. The number of nitrogens with zero attached hydrogens (tertiary/aromatic N) is 3. The van der Waals surface area contributed by atoms with Crippen LogP contribution >= 0.6 is 12.4 Å². The molecular weight excluding hydrogens is 360 g/mol. The summed E-state index contributed by atoms with van der Waals surface area (Å²) in [5, 5.41) is 10.9. The van der Waals surface area contributed by atoms with Crippen LogP contribution in [0, 0.1) is 0 Å². The molecule has 2 rings (SSSR count). The van der Waals surface area contributed by atoms with E-state index in [0.29, 0.717) is 32.7 Å². The highest BCUT2D eigenvalue weighted by atomic mass is 35.5. The molecule has 1 fully saturated rings. The zero-order chi connectivity index (χ0) is 18.2. The fourth-order valence-electron chi connectivity index (χ4n) is 2.70. The molecule has 0 atom stereocenters. The highest BCUT2D eigenvalue weighted by Gasteiger charge is 2.24. The highest BCUT2D eigenvalue weighted by Crippen LogP contribution is 2.08. The summed E-state index contributed by atoms with van der Waals surface area (Å²) >= 11 is 0. The topological polar surface area (TPSA) is 93.2 Å². The number of carbonyl (C=O) groups is 3. The summed E-state index contributed by atoms with van der Waals surface area (Å²) in [6.45, 7) is 2.60. The third kappa shape index (κ3) is 6.89. The Labute approximate surface area is 159 Å². The van der Waals surface area contributed by atoms with Gasteiger partial charge in [-0.3, -0.25) is 14.5 Å². The molecule has 0 aliphatic carbocycles. The lowest BCUT2D eigenvalue weighted by molar-refractivity contribution is -0.138. The number of halogens is 1. The van der Waals surface area contributed by atoms with Crippen molar-refractivity contribution in [1.82, 2.24) is 20.0 Å². The second-order valence-electron chi connectivity index (χ2n) is 6.06. The van der Waals surface area contributed by atoms with Crippen LogP contribution in [-0.2, 0) is 16.1 Å². The van der Waals surface area contributed by atoms with Crippen LogP contribution in [0.3, 0.4) is 0 Å². The van der Waals surface area contributed by atoms with Gasteiger partial charge in [-0.2, -0.15) is 0 Å². The summed E-state index contributed by atoms with van der Waals surface area (Å²) in [7, 11) is 1.78. The number of urea groups is 1. The van der Waals surface area contributed by atoms with Crippen molar-refractivity contribution in [2.45, 2.75) is 6.54 Å². The average molecular weight is 385 g/mol. The van der Waals surface area contributed by atoms with Crippen molar-refractivity contribution in [2.24, 2.45) is 0 Å². The third-order valence-corrected chi connectivity index (χ3v) is 4.04. The summed E-state index contributed by atoms with van der Waals surface area (Å²) in [5.41, 5.74) is 1.08. The Kier molecular flexibility index (Phi) is 8.87. The summed E-state index contributed by atoms with van der Waals surface area (Å²) in [6.07, 6.45) is 0. The van der Waals surface area contributed by atoms with Crippen LogP contribution in [0.4, 0.5) is 4.79 Å². The van der Waals surface area contributed by atoms with E-state index in [1.54, 1.807) is 16.8 Å². The number of amides is 3. The van der Waals surface area contributed by atoms with Crippen LogP contribution in [0.5, 0.6) is 0 Å². The number of rotatable bonds is 6. The fraction of sp³-hybridized carbons (Fsp3) is 0.471. The van der Waals surface area contributed by atoms with Crippen LogP contribution in [0.2, 0.25) is 0 Å². The maximum atomic E-state index is 12.5. The van der Waals surface area contributed by atoms with Crippen LogP contribution in [-0.4, -0.2) is 84.0 Å². The van der Waals surface area contributed by atoms with Crippen molar-refractivity contribution in [2.75, 3.05) is 46.3 Å². The Morgan fingerprint density at radius 3 is 2.31 bits per heavy atom. The van der Waals surface area contributed by atoms with Crippen molar-refractivity contribution in [1.29, 1.82) is 0 Å². The number of piperazine rings is 1. The molecule has 1 aromatic carbocycles. The zero-order valence-corrected chi connectivity index (χ0v) is 15.6. The van der Waals surface area contributed by atoms with Crippen LogP contribution < -0.4 is 5.32 Å². The Bertz CT molecular complexity index is 606. The van der Waals surface area contributed by atoms with E-state index in [-0.39, 0.29) is 37.4 Å². The van der Waals surface area contributed by atoms with Gasteiger partial charge in [0.15, 0.2) is 0 Å². The molecule has 0 radical (unpaired) electrons. The Balaban J connectivity index is 0.00000338. The molecule has 0 bridgehead atoms. The lowest BCUT2D eigenvalue weighted by Crippen LogP contribution is -2.53. The first-order valence-corrected chi connectivity index (χ1v) is 8.20. The van der Waals surface area contributed by atoms with Crippen molar-refractivity contribution < 1.29 is 19.5 Å². The first-order valence-electron chi connectivity index (χ1n) is 8.20. The molecule has 1 saturated heterocycles. The summed E-state index contributed by atoms with van der Waals surface area (Å²) in [5.74, 6) is -1.38. The van der Waals surface area contributed by atoms with Gasteiger partial charge in [0.1, 0.15) is 6.54 Å². The van der Waals surface area contributed by atoms with E-state index in [4.69, 9.17) is 5.11 Å². The molecule has 0 saturated carbocycles. The largest absolute Gasteiger partial charge is 0.480 e. The van der Waals surface area contributed by atoms with Crippen molar-refractivity contribution in [3.63, 3.8) is 0 Å². The first-order chi connectivity index (χ1) is 12.0. The lowest BCUT2D eigenvalue weighted by atomic mass is 10.2. The molecule has 1 aliphatic heterocycles. The van der Waals surface area contributed by atoms with Crippen LogP contribution in [0.15, 0.2) is 30.3 Å². The molecule has 0 spiro atoms. The van der Waals surface area contributed by atoms with Gasteiger partial charge in [0, 0.05) is 39.8 Å². The van der Waals surface area contributed by atoms with Gasteiger partial charge in [0.2, 0.25) is 5.91 Å².